The molecule has 2 aromatic rings. The first-order valence-corrected chi connectivity index (χ1v) is 8.18. The van der Waals surface area contributed by atoms with Gasteiger partial charge in [0.25, 0.3) is 0 Å². The molecule has 1 aliphatic carbocycles. The van der Waals surface area contributed by atoms with Crippen LogP contribution in [0.4, 0.5) is 0 Å². The molecule has 3 rings (SSSR count). The van der Waals surface area contributed by atoms with E-state index >= 15 is 0 Å². The largest absolute Gasteiger partial charge is 0.469 e. The van der Waals surface area contributed by atoms with E-state index in [0.29, 0.717) is 0 Å². The molecule has 1 aliphatic rings. The number of aliphatic hydroxyl groups is 1. The van der Waals surface area contributed by atoms with Gasteiger partial charge >= 0.3 is 11.9 Å². The number of hydrogen-bond acceptors (Lipinski definition) is 5. The summed E-state index contributed by atoms with van der Waals surface area (Å²) in [5, 5.41) is 9.21. The Kier molecular flexibility index (Phi) is 5.14. The number of carbonyl (C=O) groups is 2. The Morgan fingerprint density at radius 2 is 1.60 bits per heavy atom. The Balaban J connectivity index is 1.71. The zero-order valence-corrected chi connectivity index (χ0v) is 14.0. The number of carbonyl (C=O) groups excluding carboxylic acids is 2. The molecule has 25 heavy (non-hydrogen) atoms. The standard InChI is InChI=1S/C20H20O5/c1-24-20(23)13(11-21)10-19(22)25-12-18-16-8-4-2-6-14(16)15-7-3-5-9-17(15)18/h2-9,13,18,21H,10-12H2,1H3/t13-/m0/s1. The van der Waals surface area contributed by atoms with E-state index in [4.69, 9.17) is 4.74 Å². The molecule has 130 valence electrons. The third-order valence-electron chi connectivity index (χ3n) is 4.54. The number of fused-ring (bicyclic) bond motifs is 3. The molecule has 5 heteroatoms. The van der Waals surface area contributed by atoms with E-state index in [1.165, 1.54) is 7.11 Å². The average Bonchev–Trinajstić information content (AvgIpc) is 2.98. The number of benzene rings is 2. The first-order valence-electron chi connectivity index (χ1n) is 8.18. The summed E-state index contributed by atoms with van der Waals surface area (Å²) < 4.78 is 9.98. The van der Waals surface area contributed by atoms with Crippen LogP contribution >= 0.6 is 0 Å². The quantitative estimate of drug-likeness (QED) is 0.818. The second kappa shape index (κ2) is 7.49. The van der Waals surface area contributed by atoms with Gasteiger partial charge in [0, 0.05) is 5.92 Å². The van der Waals surface area contributed by atoms with Gasteiger partial charge in [-0.3, -0.25) is 9.59 Å². The van der Waals surface area contributed by atoms with Gasteiger partial charge in [0.1, 0.15) is 6.61 Å². The van der Waals surface area contributed by atoms with Crippen molar-refractivity contribution in [3.8, 4) is 11.1 Å². The lowest BCUT2D eigenvalue weighted by molar-refractivity contribution is -0.154. The monoisotopic (exact) mass is 340 g/mol. The lowest BCUT2D eigenvalue weighted by Crippen LogP contribution is -2.25. The summed E-state index contributed by atoms with van der Waals surface area (Å²) in [5.74, 6) is -2.05. The van der Waals surface area contributed by atoms with E-state index in [9.17, 15) is 14.7 Å². The molecule has 0 radical (unpaired) electrons. The van der Waals surface area contributed by atoms with Crippen molar-refractivity contribution in [2.75, 3.05) is 20.3 Å². The van der Waals surface area contributed by atoms with Crippen LogP contribution in [0.1, 0.15) is 23.5 Å². The highest BCUT2D eigenvalue weighted by molar-refractivity contribution is 5.81. The number of methoxy groups -OCH3 is 1. The van der Waals surface area contributed by atoms with Gasteiger partial charge < -0.3 is 14.6 Å². The van der Waals surface area contributed by atoms with Crippen molar-refractivity contribution >= 4 is 11.9 Å². The van der Waals surface area contributed by atoms with E-state index in [1.807, 2.05) is 36.4 Å². The van der Waals surface area contributed by atoms with E-state index in [-0.39, 0.29) is 18.9 Å². The van der Waals surface area contributed by atoms with Crippen molar-refractivity contribution in [2.45, 2.75) is 12.3 Å². The number of ether oxygens (including phenoxy) is 2. The summed E-state index contributed by atoms with van der Waals surface area (Å²) in [5.41, 5.74) is 4.57. The Morgan fingerprint density at radius 3 is 2.12 bits per heavy atom. The molecule has 0 aromatic heterocycles. The summed E-state index contributed by atoms with van der Waals surface area (Å²) in [6.07, 6.45) is -0.195. The highest BCUT2D eigenvalue weighted by Crippen LogP contribution is 2.44. The zero-order valence-electron chi connectivity index (χ0n) is 14.0. The van der Waals surface area contributed by atoms with Gasteiger partial charge in [0.2, 0.25) is 0 Å². The van der Waals surface area contributed by atoms with Crippen molar-refractivity contribution in [3.05, 3.63) is 59.7 Å². The smallest absolute Gasteiger partial charge is 0.311 e. The van der Waals surface area contributed by atoms with Crippen LogP contribution in [0.2, 0.25) is 0 Å². The maximum atomic E-state index is 12.1. The predicted molar refractivity (Wildman–Crippen MR) is 91.9 cm³/mol. The van der Waals surface area contributed by atoms with Crippen LogP contribution in [0.5, 0.6) is 0 Å². The van der Waals surface area contributed by atoms with E-state index in [2.05, 4.69) is 16.9 Å². The molecule has 0 spiro atoms. The molecule has 0 aliphatic heterocycles. The molecule has 0 saturated heterocycles. The molecule has 2 aromatic carbocycles. The highest BCUT2D eigenvalue weighted by Gasteiger charge is 2.30. The number of esters is 2. The van der Waals surface area contributed by atoms with Gasteiger partial charge in [-0.1, -0.05) is 48.5 Å². The fourth-order valence-corrected chi connectivity index (χ4v) is 3.26. The summed E-state index contributed by atoms with van der Waals surface area (Å²) in [6.45, 7) is -0.247. The van der Waals surface area contributed by atoms with Gasteiger partial charge in [-0.25, -0.2) is 0 Å². The van der Waals surface area contributed by atoms with Crippen molar-refractivity contribution < 1.29 is 24.2 Å². The van der Waals surface area contributed by atoms with Crippen molar-refractivity contribution in [1.82, 2.24) is 0 Å². The number of hydrogen-bond donors (Lipinski definition) is 1. The Morgan fingerprint density at radius 1 is 1.04 bits per heavy atom. The molecule has 0 saturated carbocycles. The molecule has 0 heterocycles. The van der Waals surface area contributed by atoms with Crippen molar-refractivity contribution in [2.24, 2.45) is 5.92 Å². The minimum atomic E-state index is -0.888. The minimum absolute atomic E-state index is 0.0259. The van der Waals surface area contributed by atoms with Crippen molar-refractivity contribution in [3.63, 3.8) is 0 Å². The SMILES string of the molecule is COC(=O)[C@H](CO)CC(=O)OCC1c2ccccc2-c2ccccc21. The lowest BCUT2D eigenvalue weighted by atomic mass is 9.98. The second-order valence-corrected chi connectivity index (χ2v) is 6.02. The fraction of sp³-hybridized carbons (Fsp3) is 0.300. The van der Waals surface area contributed by atoms with E-state index in [0.717, 1.165) is 22.3 Å². The number of aliphatic hydroxyl groups excluding tert-OH is 1. The third kappa shape index (κ3) is 3.42. The van der Waals surface area contributed by atoms with E-state index < -0.39 is 24.5 Å². The molecular formula is C20H20O5. The van der Waals surface area contributed by atoms with E-state index in [1.54, 1.807) is 0 Å². The molecule has 0 unspecified atom stereocenters. The lowest BCUT2D eigenvalue weighted by Gasteiger charge is -2.15. The predicted octanol–water partition coefficient (Wildman–Crippen LogP) is 2.51. The maximum absolute atomic E-state index is 12.1. The van der Waals surface area contributed by atoms with Gasteiger partial charge in [-0.2, -0.15) is 0 Å². The average molecular weight is 340 g/mol. The van der Waals surface area contributed by atoms with Crippen LogP contribution in [0.3, 0.4) is 0 Å². The third-order valence-corrected chi connectivity index (χ3v) is 4.54. The summed E-state index contributed by atoms with van der Waals surface area (Å²) in [4.78, 5) is 23.5. The molecule has 1 N–H and O–H groups in total. The highest BCUT2D eigenvalue weighted by atomic mass is 16.5. The summed E-state index contributed by atoms with van der Waals surface area (Å²) >= 11 is 0. The van der Waals surface area contributed by atoms with Crippen molar-refractivity contribution in [1.29, 1.82) is 0 Å². The molecule has 1 atom stereocenters. The zero-order chi connectivity index (χ0) is 17.8. The summed E-state index contributed by atoms with van der Waals surface area (Å²) in [7, 11) is 1.22. The maximum Gasteiger partial charge on any atom is 0.311 e. The minimum Gasteiger partial charge on any atom is -0.469 e. The van der Waals surface area contributed by atoms with Gasteiger partial charge in [-0.15, -0.1) is 0 Å². The topological polar surface area (TPSA) is 72.8 Å². The van der Waals surface area contributed by atoms with Crippen LogP contribution in [0.25, 0.3) is 11.1 Å². The summed E-state index contributed by atoms with van der Waals surface area (Å²) in [6, 6.07) is 16.1. The fourth-order valence-electron chi connectivity index (χ4n) is 3.26. The molecule has 0 amide bonds. The first-order chi connectivity index (χ1) is 12.2. The van der Waals surface area contributed by atoms with Gasteiger partial charge in [0.15, 0.2) is 0 Å². The van der Waals surface area contributed by atoms with Crippen LogP contribution < -0.4 is 0 Å². The molecule has 0 bridgehead atoms. The van der Waals surface area contributed by atoms with Gasteiger partial charge in [-0.05, 0) is 22.3 Å². The Bertz CT molecular complexity index is 738. The molecule has 0 fully saturated rings. The first kappa shape index (κ1) is 17.2. The molecule has 5 nitrogen and oxygen atoms in total. The van der Waals surface area contributed by atoms with Crippen LogP contribution in [-0.4, -0.2) is 37.4 Å². The Hall–Kier alpha value is -2.66. The molecular weight excluding hydrogens is 320 g/mol. The van der Waals surface area contributed by atoms with Crippen LogP contribution in [0, 0.1) is 5.92 Å². The Labute approximate surface area is 146 Å². The van der Waals surface area contributed by atoms with Crippen LogP contribution in [0.15, 0.2) is 48.5 Å². The van der Waals surface area contributed by atoms with Crippen LogP contribution in [-0.2, 0) is 19.1 Å². The number of rotatable bonds is 6. The normalized spacial score (nSPS) is 13.7. The van der Waals surface area contributed by atoms with Gasteiger partial charge in [0.05, 0.1) is 26.1 Å². The second-order valence-electron chi connectivity index (χ2n) is 6.02.